The number of nitriles is 1. The van der Waals surface area contributed by atoms with Gasteiger partial charge in [0, 0.05) is 47.2 Å². The maximum absolute atomic E-state index is 17.0. The second-order valence-corrected chi connectivity index (χ2v) is 13.4. The molecule has 0 amide bonds. The lowest BCUT2D eigenvalue weighted by atomic mass is 9.71. The van der Waals surface area contributed by atoms with Crippen molar-refractivity contribution in [3.8, 4) is 6.07 Å². The van der Waals surface area contributed by atoms with Crippen molar-refractivity contribution in [3.05, 3.63) is 92.7 Å². The maximum atomic E-state index is 17.0. The Morgan fingerprint density at radius 2 is 1.74 bits per heavy atom. The van der Waals surface area contributed by atoms with Gasteiger partial charge in [0.25, 0.3) is 0 Å². The molecule has 12 heteroatoms. The quantitative estimate of drug-likeness (QED) is 0.174. The standard InChI is InChI=1S/C34H37Cl2F2N5O3/c1-4-33(45,32(38)11-13-42(2)14-12-32)25-15-23(20-44)30(28(37)16-25)34(24-5-7-26(35)8-6-24,46-22-31(21-39)9-10-31)43(3)19-29-40-17-27(36)18-41-29/h5-8,15-18,20,45H,4,9-14,19,22H2,1-3H3/t33?,34-/m1/s1. The number of halogens is 4. The Labute approximate surface area is 277 Å². The molecule has 2 heterocycles. The van der Waals surface area contributed by atoms with Crippen LogP contribution in [0, 0.1) is 22.6 Å². The van der Waals surface area contributed by atoms with Crippen molar-refractivity contribution in [2.24, 2.45) is 5.41 Å². The van der Waals surface area contributed by atoms with Crippen LogP contribution in [0.3, 0.4) is 0 Å². The monoisotopic (exact) mass is 671 g/mol. The van der Waals surface area contributed by atoms with Crippen molar-refractivity contribution in [1.29, 1.82) is 5.26 Å². The largest absolute Gasteiger partial charge is 0.382 e. The first-order chi connectivity index (χ1) is 21.8. The second-order valence-electron chi connectivity index (χ2n) is 12.5. The molecule has 0 radical (unpaired) electrons. The first-order valence-corrected chi connectivity index (χ1v) is 16.0. The van der Waals surface area contributed by atoms with E-state index in [-0.39, 0.29) is 49.1 Å². The number of hydrogen-bond donors (Lipinski definition) is 1. The highest BCUT2D eigenvalue weighted by atomic mass is 35.5. The number of alkyl halides is 1. The summed E-state index contributed by atoms with van der Waals surface area (Å²) in [5, 5.41) is 22.6. The van der Waals surface area contributed by atoms with E-state index in [0.717, 1.165) is 6.07 Å². The number of carbonyl (C=O) groups excluding carboxylic acids is 1. The lowest BCUT2D eigenvalue weighted by molar-refractivity contribution is -0.141. The molecule has 2 fully saturated rings. The van der Waals surface area contributed by atoms with E-state index in [1.54, 1.807) is 43.1 Å². The fraction of sp³-hybridized carbons (Fsp3) is 0.471. The van der Waals surface area contributed by atoms with Gasteiger partial charge in [-0.2, -0.15) is 5.26 Å². The predicted octanol–water partition coefficient (Wildman–Crippen LogP) is 6.42. The minimum Gasteiger partial charge on any atom is -0.382 e. The molecule has 46 heavy (non-hydrogen) atoms. The molecule has 3 aromatic rings. The van der Waals surface area contributed by atoms with E-state index in [1.807, 2.05) is 11.9 Å². The van der Waals surface area contributed by atoms with Crippen LogP contribution in [-0.4, -0.2) is 70.6 Å². The van der Waals surface area contributed by atoms with Gasteiger partial charge < -0.3 is 14.7 Å². The fourth-order valence-corrected chi connectivity index (χ4v) is 6.63. The molecule has 0 spiro atoms. The Morgan fingerprint density at radius 1 is 1.11 bits per heavy atom. The third-order valence-electron chi connectivity index (χ3n) is 9.57. The van der Waals surface area contributed by atoms with Gasteiger partial charge in [0.05, 0.1) is 29.7 Å². The first kappa shape index (κ1) is 34.3. The highest BCUT2D eigenvalue weighted by Gasteiger charge is 2.54. The molecule has 1 aliphatic carbocycles. The summed E-state index contributed by atoms with van der Waals surface area (Å²) in [6, 6.07) is 11.3. The van der Waals surface area contributed by atoms with Crippen molar-refractivity contribution in [2.45, 2.75) is 62.6 Å². The molecular formula is C34H37Cl2F2N5O3. The van der Waals surface area contributed by atoms with E-state index >= 15 is 8.78 Å². The van der Waals surface area contributed by atoms with E-state index in [2.05, 4.69) is 16.0 Å². The molecule has 5 rings (SSSR count). The zero-order valence-electron chi connectivity index (χ0n) is 26.1. The number of benzene rings is 2. The van der Waals surface area contributed by atoms with Gasteiger partial charge >= 0.3 is 0 Å². The number of aliphatic hydroxyl groups is 1. The SMILES string of the molecule is CCC(O)(c1cc(F)c([C@](OCC2(C#N)CC2)(c2ccc(Cl)cc2)N(C)Cc2ncc(Cl)cn2)c(C=O)c1)C1(F)CCN(C)CC1. The number of rotatable bonds is 12. The Kier molecular flexibility index (Phi) is 9.86. The first-order valence-electron chi connectivity index (χ1n) is 15.2. The topological polar surface area (TPSA) is 103 Å². The van der Waals surface area contributed by atoms with E-state index in [1.165, 1.54) is 18.5 Å². The molecule has 1 saturated heterocycles. The lowest BCUT2D eigenvalue weighted by Gasteiger charge is -2.46. The normalized spacial score (nSPS) is 20.0. The number of ether oxygens (including phenoxy) is 1. The van der Waals surface area contributed by atoms with Gasteiger partial charge in [-0.05, 0) is 76.0 Å². The zero-order chi connectivity index (χ0) is 33.3. The van der Waals surface area contributed by atoms with Gasteiger partial charge in [-0.25, -0.2) is 18.7 Å². The third-order valence-corrected chi connectivity index (χ3v) is 10.0. The number of nitrogens with zero attached hydrogens (tertiary/aromatic N) is 5. The summed E-state index contributed by atoms with van der Waals surface area (Å²) >= 11 is 12.3. The molecule has 0 bridgehead atoms. The van der Waals surface area contributed by atoms with Crippen molar-refractivity contribution in [2.75, 3.05) is 33.8 Å². The summed E-state index contributed by atoms with van der Waals surface area (Å²) in [5.41, 5.74) is -6.60. The lowest BCUT2D eigenvalue weighted by Crippen LogP contribution is -2.54. The van der Waals surface area contributed by atoms with Gasteiger partial charge in [-0.1, -0.05) is 42.3 Å². The molecule has 1 N–H and O–H groups in total. The minimum absolute atomic E-state index is 0.0127. The number of carbonyl (C=O) groups is 1. The van der Waals surface area contributed by atoms with Crippen LogP contribution in [0.25, 0.3) is 0 Å². The summed E-state index contributed by atoms with van der Waals surface area (Å²) < 4.78 is 40.3. The summed E-state index contributed by atoms with van der Waals surface area (Å²) in [5.74, 6) is -0.550. The molecule has 2 aliphatic rings. The van der Waals surface area contributed by atoms with Gasteiger partial charge in [-0.15, -0.1) is 0 Å². The predicted molar refractivity (Wildman–Crippen MR) is 171 cm³/mol. The number of hydrogen-bond acceptors (Lipinski definition) is 8. The molecule has 8 nitrogen and oxygen atoms in total. The van der Waals surface area contributed by atoms with Crippen LogP contribution in [0.15, 0.2) is 48.8 Å². The van der Waals surface area contributed by atoms with Gasteiger partial charge in [-0.3, -0.25) is 9.69 Å². The maximum Gasteiger partial charge on any atom is 0.177 e. The van der Waals surface area contributed by atoms with Crippen molar-refractivity contribution < 1.29 is 23.4 Å². The van der Waals surface area contributed by atoms with Gasteiger partial charge in [0.15, 0.2) is 12.0 Å². The van der Waals surface area contributed by atoms with E-state index in [9.17, 15) is 15.2 Å². The van der Waals surface area contributed by atoms with E-state index < -0.39 is 28.2 Å². The molecule has 2 aromatic carbocycles. The fourth-order valence-electron chi connectivity index (χ4n) is 6.41. The third kappa shape index (κ3) is 6.29. The Morgan fingerprint density at radius 3 is 2.28 bits per heavy atom. The van der Waals surface area contributed by atoms with Crippen molar-refractivity contribution >= 4 is 29.5 Å². The Hall–Kier alpha value is -3.04. The summed E-state index contributed by atoms with van der Waals surface area (Å²) in [7, 11) is 3.54. The molecule has 244 valence electrons. The molecule has 1 aliphatic heterocycles. The minimum atomic E-state index is -2.06. The highest BCUT2D eigenvalue weighted by molar-refractivity contribution is 6.30. The smallest absolute Gasteiger partial charge is 0.177 e. The van der Waals surface area contributed by atoms with Crippen molar-refractivity contribution in [1.82, 2.24) is 19.8 Å². The zero-order valence-corrected chi connectivity index (χ0v) is 27.6. The van der Waals surface area contributed by atoms with Crippen molar-refractivity contribution in [3.63, 3.8) is 0 Å². The molecule has 1 unspecified atom stereocenters. The Bertz CT molecular complexity index is 1610. The number of likely N-dealkylation sites (tertiary alicyclic amines) is 1. The summed E-state index contributed by atoms with van der Waals surface area (Å²) in [4.78, 5) is 25.2. The molecule has 2 atom stereocenters. The van der Waals surface area contributed by atoms with Crippen LogP contribution in [0.4, 0.5) is 8.78 Å². The van der Waals surface area contributed by atoms with E-state index in [4.69, 9.17) is 27.9 Å². The number of aromatic nitrogens is 2. The second kappa shape index (κ2) is 13.2. The molecular weight excluding hydrogens is 635 g/mol. The average Bonchev–Trinajstić information content (AvgIpc) is 3.84. The van der Waals surface area contributed by atoms with E-state index in [0.29, 0.717) is 53.7 Å². The van der Waals surface area contributed by atoms with Crippen LogP contribution in [0.5, 0.6) is 0 Å². The highest BCUT2D eigenvalue weighted by Crippen LogP contribution is 2.50. The average molecular weight is 673 g/mol. The van der Waals surface area contributed by atoms with Crippen LogP contribution in [-0.2, 0) is 22.6 Å². The van der Waals surface area contributed by atoms with Crippen LogP contribution < -0.4 is 0 Å². The Balaban J connectivity index is 1.72. The summed E-state index contributed by atoms with van der Waals surface area (Å²) in [6.07, 6.45) is 4.61. The van der Waals surface area contributed by atoms with Gasteiger partial charge in [0.2, 0.25) is 0 Å². The molecule has 1 aromatic heterocycles. The number of aldehydes is 1. The van der Waals surface area contributed by atoms with Crippen LogP contribution in [0.2, 0.25) is 10.0 Å². The number of piperidine rings is 1. The van der Waals surface area contributed by atoms with Crippen LogP contribution >= 0.6 is 23.2 Å². The van der Waals surface area contributed by atoms with Crippen LogP contribution in [0.1, 0.15) is 71.9 Å². The molecule has 1 saturated carbocycles. The summed E-state index contributed by atoms with van der Waals surface area (Å²) in [6.45, 7) is 2.43. The van der Waals surface area contributed by atoms with Gasteiger partial charge in [0.1, 0.15) is 22.9 Å².